The van der Waals surface area contributed by atoms with Crippen molar-refractivity contribution in [1.29, 1.82) is 0 Å². The van der Waals surface area contributed by atoms with E-state index in [1.807, 2.05) is 42.2 Å². The molecule has 1 aromatic carbocycles. The highest BCUT2D eigenvalue weighted by atomic mass is 16.5. The lowest BCUT2D eigenvalue weighted by molar-refractivity contribution is -0.144. The van der Waals surface area contributed by atoms with Crippen LogP contribution in [0.1, 0.15) is 25.0 Å². The van der Waals surface area contributed by atoms with Crippen molar-refractivity contribution in [3.63, 3.8) is 0 Å². The lowest BCUT2D eigenvalue weighted by atomic mass is 10.1. The average Bonchev–Trinajstić information content (AvgIpc) is 2.57. The van der Waals surface area contributed by atoms with Gasteiger partial charge >= 0.3 is 0 Å². The van der Waals surface area contributed by atoms with Gasteiger partial charge in [0.15, 0.2) is 6.10 Å². The SMILES string of the molecule is CC[C@H](O)CN1CCN(C(=O)[C@H](OC)c2ccccc2)CC1. The number of ether oxygens (including phenoxy) is 1. The summed E-state index contributed by atoms with van der Waals surface area (Å²) in [5, 5.41) is 9.72. The predicted molar refractivity (Wildman–Crippen MR) is 85.5 cm³/mol. The Bertz CT molecular complexity index is 458. The molecule has 5 nitrogen and oxygen atoms in total. The number of methoxy groups -OCH3 is 1. The Balaban J connectivity index is 1.91. The molecule has 1 aliphatic rings. The van der Waals surface area contributed by atoms with Crippen LogP contribution in [0.5, 0.6) is 0 Å². The number of nitrogens with zero attached hydrogens (tertiary/aromatic N) is 2. The number of piperazine rings is 1. The van der Waals surface area contributed by atoms with Crippen molar-refractivity contribution < 1.29 is 14.6 Å². The summed E-state index contributed by atoms with van der Waals surface area (Å²) in [6.45, 7) is 5.63. The van der Waals surface area contributed by atoms with E-state index < -0.39 is 6.10 Å². The van der Waals surface area contributed by atoms with E-state index in [0.29, 0.717) is 19.6 Å². The molecule has 1 N–H and O–H groups in total. The zero-order valence-corrected chi connectivity index (χ0v) is 13.4. The molecule has 1 heterocycles. The zero-order chi connectivity index (χ0) is 15.9. The van der Waals surface area contributed by atoms with Gasteiger partial charge in [-0.1, -0.05) is 37.3 Å². The molecule has 1 aliphatic heterocycles. The minimum absolute atomic E-state index is 0.0180. The monoisotopic (exact) mass is 306 g/mol. The van der Waals surface area contributed by atoms with E-state index in [-0.39, 0.29) is 12.0 Å². The van der Waals surface area contributed by atoms with Crippen molar-refractivity contribution in [1.82, 2.24) is 9.80 Å². The van der Waals surface area contributed by atoms with Crippen LogP contribution in [0.15, 0.2) is 30.3 Å². The number of amides is 1. The van der Waals surface area contributed by atoms with Gasteiger partial charge in [-0.15, -0.1) is 0 Å². The normalized spacial score (nSPS) is 19.0. The first-order valence-electron chi connectivity index (χ1n) is 7.92. The van der Waals surface area contributed by atoms with E-state index in [0.717, 1.165) is 25.1 Å². The molecule has 0 saturated carbocycles. The fourth-order valence-corrected chi connectivity index (χ4v) is 2.75. The van der Waals surface area contributed by atoms with Gasteiger partial charge < -0.3 is 14.7 Å². The molecule has 5 heteroatoms. The number of hydrogen-bond donors (Lipinski definition) is 1. The van der Waals surface area contributed by atoms with E-state index >= 15 is 0 Å². The highest BCUT2D eigenvalue weighted by Gasteiger charge is 2.28. The summed E-state index contributed by atoms with van der Waals surface area (Å²) in [7, 11) is 1.57. The Hall–Kier alpha value is -1.43. The summed E-state index contributed by atoms with van der Waals surface area (Å²) in [6, 6.07) is 9.59. The topological polar surface area (TPSA) is 53.0 Å². The Morgan fingerprint density at radius 3 is 2.41 bits per heavy atom. The molecule has 0 aromatic heterocycles. The first kappa shape index (κ1) is 16.9. The molecular formula is C17H26N2O3. The lowest BCUT2D eigenvalue weighted by Gasteiger charge is -2.36. The summed E-state index contributed by atoms with van der Waals surface area (Å²) in [5.74, 6) is 0.0180. The fraction of sp³-hybridized carbons (Fsp3) is 0.588. The molecule has 1 fully saturated rings. The van der Waals surface area contributed by atoms with Crippen molar-refractivity contribution in [3.8, 4) is 0 Å². The zero-order valence-electron chi connectivity index (χ0n) is 13.4. The number of rotatable bonds is 6. The quantitative estimate of drug-likeness (QED) is 0.860. The third kappa shape index (κ3) is 4.29. The molecule has 122 valence electrons. The summed E-state index contributed by atoms with van der Waals surface area (Å²) in [5.41, 5.74) is 0.888. The van der Waals surface area contributed by atoms with Crippen molar-refractivity contribution in [2.24, 2.45) is 0 Å². The van der Waals surface area contributed by atoms with E-state index in [9.17, 15) is 9.90 Å². The minimum Gasteiger partial charge on any atom is -0.392 e. The van der Waals surface area contributed by atoms with Gasteiger partial charge in [-0.05, 0) is 12.0 Å². The molecule has 1 aromatic rings. The smallest absolute Gasteiger partial charge is 0.256 e. The van der Waals surface area contributed by atoms with Crippen molar-refractivity contribution in [2.75, 3.05) is 39.8 Å². The lowest BCUT2D eigenvalue weighted by Crippen LogP contribution is -2.51. The van der Waals surface area contributed by atoms with E-state index in [4.69, 9.17) is 4.74 Å². The summed E-state index contributed by atoms with van der Waals surface area (Å²) >= 11 is 0. The molecule has 2 atom stereocenters. The van der Waals surface area contributed by atoms with E-state index in [2.05, 4.69) is 4.90 Å². The van der Waals surface area contributed by atoms with Crippen LogP contribution in [0.4, 0.5) is 0 Å². The molecular weight excluding hydrogens is 280 g/mol. The predicted octanol–water partition coefficient (Wildman–Crippen LogP) is 1.29. The molecule has 0 unspecified atom stereocenters. The molecule has 0 aliphatic carbocycles. The van der Waals surface area contributed by atoms with Crippen molar-refractivity contribution in [3.05, 3.63) is 35.9 Å². The van der Waals surface area contributed by atoms with Crippen LogP contribution in [-0.2, 0) is 9.53 Å². The molecule has 0 bridgehead atoms. The Kier molecular flexibility index (Phi) is 6.36. The summed E-state index contributed by atoms with van der Waals surface area (Å²) in [6.07, 6.45) is -0.0499. The summed E-state index contributed by atoms with van der Waals surface area (Å²) in [4.78, 5) is 16.7. The number of aliphatic hydroxyl groups excluding tert-OH is 1. The van der Waals surface area contributed by atoms with E-state index in [1.54, 1.807) is 7.11 Å². The van der Waals surface area contributed by atoms with Crippen LogP contribution in [0.3, 0.4) is 0 Å². The maximum atomic E-state index is 12.6. The second kappa shape index (κ2) is 8.27. The molecule has 1 saturated heterocycles. The van der Waals surface area contributed by atoms with Crippen LogP contribution in [0.2, 0.25) is 0 Å². The largest absolute Gasteiger partial charge is 0.392 e. The maximum absolute atomic E-state index is 12.6. The molecule has 2 rings (SSSR count). The van der Waals surface area contributed by atoms with Gasteiger partial charge in [-0.2, -0.15) is 0 Å². The van der Waals surface area contributed by atoms with Crippen LogP contribution in [0, 0.1) is 0 Å². The third-order valence-electron chi connectivity index (χ3n) is 4.19. The fourth-order valence-electron chi connectivity index (χ4n) is 2.75. The van der Waals surface area contributed by atoms with Gasteiger partial charge in [0.05, 0.1) is 6.10 Å². The van der Waals surface area contributed by atoms with Crippen molar-refractivity contribution in [2.45, 2.75) is 25.6 Å². The molecule has 1 amide bonds. The Morgan fingerprint density at radius 2 is 1.86 bits per heavy atom. The minimum atomic E-state index is -0.533. The number of hydrogen-bond acceptors (Lipinski definition) is 4. The van der Waals surface area contributed by atoms with Gasteiger partial charge in [0, 0.05) is 39.8 Å². The van der Waals surface area contributed by atoms with E-state index in [1.165, 1.54) is 0 Å². The molecule has 22 heavy (non-hydrogen) atoms. The van der Waals surface area contributed by atoms with Gasteiger partial charge in [-0.25, -0.2) is 0 Å². The Labute approximate surface area is 132 Å². The molecule has 0 spiro atoms. The molecule has 0 radical (unpaired) electrons. The van der Waals surface area contributed by atoms with Gasteiger partial charge in [-0.3, -0.25) is 9.69 Å². The Morgan fingerprint density at radius 1 is 1.23 bits per heavy atom. The number of carbonyl (C=O) groups is 1. The second-order valence-electron chi connectivity index (χ2n) is 5.71. The first-order chi connectivity index (χ1) is 10.7. The third-order valence-corrected chi connectivity index (χ3v) is 4.19. The number of β-amino-alcohol motifs (C(OH)–C–C–N with tert-alkyl or cyclic N) is 1. The van der Waals surface area contributed by atoms with Gasteiger partial charge in [0.1, 0.15) is 0 Å². The first-order valence-corrected chi connectivity index (χ1v) is 7.92. The van der Waals surface area contributed by atoms with Gasteiger partial charge in [0.25, 0.3) is 5.91 Å². The van der Waals surface area contributed by atoms with Crippen LogP contribution in [0.25, 0.3) is 0 Å². The highest BCUT2D eigenvalue weighted by molar-refractivity contribution is 5.82. The van der Waals surface area contributed by atoms with Crippen LogP contribution < -0.4 is 0 Å². The highest BCUT2D eigenvalue weighted by Crippen LogP contribution is 2.20. The average molecular weight is 306 g/mol. The maximum Gasteiger partial charge on any atom is 0.256 e. The second-order valence-corrected chi connectivity index (χ2v) is 5.71. The van der Waals surface area contributed by atoms with Gasteiger partial charge in [0.2, 0.25) is 0 Å². The number of carbonyl (C=O) groups excluding carboxylic acids is 1. The number of aliphatic hydroxyl groups is 1. The standard InChI is InChI=1S/C17H26N2O3/c1-3-15(20)13-18-9-11-19(12-10-18)17(21)16(22-2)14-7-5-4-6-8-14/h4-8,15-16,20H,3,9-13H2,1-2H3/t15-,16+/m0/s1. The van der Waals surface area contributed by atoms with Crippen LogP contribution >= 0.6 is 0 Å². The van der Waals surface area contributed by atoms with Crippen molar-refractivity contribution >= 4 is 5.91 Å². The number of benzene rings is 1. The summed E-state index contributed by atoms with van der Waals surface area (Å²) < 4.78 is 5.42. The van der Waals surface area contributed by atoms with Crippen LogP contribution in [-0.4, -0.2) is 66.8 Å².